The normalized spacial score (nSPS) is 13.2. The molecule has 0 saturated heterocycles. The Morgan fingerprint density at radius 3 is 2.44 bits per heavy atom. The minimum atomic E-state index is -1.24. The van der Waals surface area contributed by atoms with Gasteiger partial charge in [-0.25, -0.2) is 0 Å². The largest absolute Gasteiger partial charge is 0.396 e. The zero-order valence-corrected chi connectivity index (χ0v) is 11.2. The summed E-state index contributed by atoms with van der Waals surface area (Å²) in [7, 11) is 0. The Balaban J connectivity index is 2.53. The van der Waals surface area contributed by atoms with Gasteiger partial charge in [0.05, 0.1) is 6.61 Å². The number of aliphatic hydroxyl groups excluding tert-OH is 2. The SMILES string of the molecule is CC(C)(CO)[C@@H](O)C(=O)NCc1ccc(Cl)cc1. The molecule has 0 spiro atoms. The summed E-state index contributed by atoms with van der Waals surface area (Å²) in [5, 5.41) is 22.1. The molecule has 0 aliphatic rings. The van der Waals surface area contributed by atoms with E-state index in [0.717, 1.165) is 5.56 Å². The molecule has 1 aromatic carbocycles. The molecule has 0 bridgehead atoms. The van der Waals surface area contributed by atoms with E-state index in [1.807, 2.05) is 0 Å². The summed E-state index contributed by atoms with van der Waals surface area (Å²) in [5.41, 5.74) is 0.0334. The fourth-order valence-electron chi connectivity index (χ4n) is 1.33. The second-order valence-electron chi connectivity index (χ2n) is 4.89. The molecule has 3 N–H and O–H groups in total. The standard InChI is InChI=1S/C13H18ClNO3/c1-13(2,8-16)11(17)12(18)15-7-9-3-5-10(14)6-4-9/h3-6,11,16-17H,7-8H2,1-2H3,(H,15,18)/t11-/m0/s1. The number of carbonyl (C=O) groups excluding carboxylic acids is 1. The summed E-state index contributed by atoms with van der Waals surface area (Å²) in [5.74, 6) is -0.496. The zero-order chi connectivity index (χ0) is 13.8. The Kier molecular flexibility index (Phi) is 5.14. The van der Waals surface area contributed by atoms with Gasteiger partial charge in [-0.2, -0.15) is 0 Å². The van der Waals surface area contributed by atoms with Crippen LogP contribution in [0.1, 0.15) is 19.4 Å². The van der Waals surface area contributed by atoms with E-state index in [9.17, 15) is 9.90 Å². The van der Waals surface area contributed by atoms with Gasteiger partial charge in [-0.3, -0.25) is 4.79 Å². The first-order chi connectivity index (χ1) is 8.36. The van der Waals surface area contributed by atoms with Crippen LogP contribution >= 0.6 is 11.6 Å². The minimum absolute atomic E-state index is 0.261. The van der Waals surface area contributed by atoms with Crippen LogP contribution in [0.5, 0.6) is 0 Å². The molecule has 0 saturated carbocycles. The highest BCUT2D eigenvalue weighted by Crippen LogP contribution is 2.19. The van der Waals surface area contributed by atoms with Gasteiger partial charge in [0, 0.05) is 17.0 Å². The van der Waals surface area contributed by atoms with E-state index in [0.29, 0.717) is 11.6 Å². The molecule has 18 heavy (non-hydrogen) atoms. The average molecular weight is 272 g/mol. The van der Waals surface area contributed by atoms with Gasteiger partial charge < -0.3 is 15.5 Å². The van der Waals surface area contributed by atoms with Crippen LogP contribution in [0.3, 0.4) is 0 Å². The Labute approximate surface area is 112 Å². The fraction of sp³-hybridized carbons (Fsp3) is 0.462. The third-order valence-electron chi connectivity index (χ3n) is 2.78. The van der Waals surface area contributed by atoms with Crippen molar-refractivity contribution in [2.45, 2.75) is 26.5 Å². The number of nitrogens with one attached hydrogen (secondary N) is 1. The van der Waals surface area contributed by atoms with Gasteiger partial charge >= 0.3 is 0 Å². The van der Waals surface area contributed by atoms with E-state index < -0.39 is 17.4 Å². The summed E-state index contributed by atoms with van der Waals surface area (Å²) in [6, 6.07) is 7.06. The van der Waals surface area contributed by atoms with Crippen molar-refractivity contribution in [2.75, 3.05) is 6.61 Å². The van der Waals surface area contributed by atoms with E-state index in [1.54, 1.807) is 38.1 Å². The zero-order valence-electron chi connectivity index (χ0n) is 10.5. The predicted molar refractivity (Wildman–Crippen MR) is 70.2 cm³/mol. The molecule has 0 aromatic heterocycles. The number of hydrogen-bond acceptors (Lipinski definition) is 3. The van der Waals surface area contributed by atoms with Crippen molar-refractivity contribution in [3.8, 4) is 0 Å². The number of benzene rings is 1. The molecule has 5 heteroatoms. The van der Waals surface area contributed by atoms with Crippen molar-refractivity contribution >= 4 is 17.5 Å². The smallest absolute Gasteiger partial charge is 0.249 e. The van der Waals surface area contributed by atoms with Crippen LogP contribution in [0.25, 0.3) is 0 Å². The number of rotatable bonds is 5. The maximum Gasteiger partial charge on any atom is 0.249 e. The minimum Gasteiger partial charge on any atom is -0.396 e. The van der Waals surface area contributed by atoms with E-state index in [-0.39, 0.29) is 6.61 Å². The molecule has 4 nitrogen and oxygen atoms in total. The van der Waals surface area contributed by atoms with Crippen LogP contribution in [-0.2, 0) is 11.3 Å². The van der Waals surface area contributed by atoms with Gasteiger partial charge in [-0.1, -0.05) is 37.6 Å². The molecule has 0 fully saturated rings. The lowest BCUT2D eigenvalue weighted by Crippen LogP contribution is -2.45. The van der Waals surface area contributed by atoms with Crippen molar-refractivity contribution in [2.24, 2.45) is 5.41 Å². The number of halogens is 1. The summed E-state index contributed by atoms with van der Waals surface area (Å²) < 4.78 is 0. The summed E-state index contributed by atoms with van der Waals surface area (Å²) >= 11 is 5.75. The number of carbonyl (C=O) groups is 1. The first-order valence-corrected chi connectivity index (χ1v) is 6.05. The van der Waals surface area contributed by atoms with Crippen LogP contribution in [-0.4, -0.2) is 28.8 Å². The van der Waals surface area contributed by atoms with Crippen LogP contribution in [0, 0.1) is 5.41 Å². The van der Waals surface area contributed by atoms with Crippen LogP contribution in [0.2, 0.25) is 5.02 Å². The number of aliphatic hydroxyl groups is 2. The highest BCUT2D eigenvalue weighted by atomic mass is 35.5. The molecular formula is C13H18ClNO3. The Hall–Kier alpha value is -1.10. The predicted octanol–water partition coefficient (Wildman–Crippen LogP) is 1.34. The lowest BCUT2D eigenvalue weighted by Gasteiger charge is -2.27. The van der Waals surface area contributed by atoms with E-state index >= 15 is 0 Å². The molecule has 1 amide bonds. The van der Waals surface area contributed by atoms with Gasteiger partial charge in [0.1, 0.15) is 6.10 Å². The summed E-state index contributed by atoms with van der Waals surface area (Å²) in [6.45, 7) is 3.30. The first kappa shape index (κ1) is 15.0. The lowest BCUT2D eigenvalue weighted by atomic mass is 9.87. The molecular weight excluding hydrogens is 254 g/mol. The maximum atomic E-state index is 11.7. The van der Waals surface area contributed by atoms with E-state index in [1.165, 1.54) is 0 Å². The molecule has 100 valence electrons. The third-order valence-corrected chi connectivity index (χ3v) is 3.03. The van der Waals surface area contributed by atoms with Crippen LogP contribution in [0.4, 0.5) is 0 Å². The summed E-state index contributed by atoms with van der Waals surface area (Å²) in [6.07, 6.45) is -1.24. The van der Waals surface area contributed by atoms with Crippen LogP contribution < -0.4 is 5.32 Å². The van der Waals surface area contributed by atoms with Crippen molar-refractivity contribution in [1.82, 2.24) is 5.32 Å². The molecule has 1 atom stereocenters. The number of hydrogen-bond donors (Lipinski definition) is 3. The molecule has 0 aliphatic heterocycles. The maximum absolute atomic E-state index is 11.7. The van der Waals surface area contributed by atoms with Gasteiger partial charge in [0.25, 0.3) is 0 Å². The van der Waals surface area contributed by atoms with E-state index in [4.69, 9.17) is 16.7 Å². The highest BCUT2D eigenvalue weighted by Gasteiger charge is 2.32. The Bertz CT molecular complexity index is 403. The monoisotopic (exact) mass is 271 g/mol. The second kappa shape index (κ2) is 6.18. The van der Waals surface area contributed by atoms with Gasteiger partial charge in [0.15, 0.2) is 0 Å². The molecule has 0 heterocycles. The second-order valence-corrected chi connectivity index (χ2v) is 5.33. The van der Waals surface area contributed by atoms with Crippen LogP contribution in [0.15, 0.2) is 24.3 Å². The topological polar surface area (TPSA) is 69.6 Å². The quantitative estimate of drug-likeness (QED) is 0.757. The molecule has 0 radical (unpaired) electrons. The van der Waals surface area contributed by atoms with Crippen molar-refractivity contribution < 1.29 is 15.0 Å². The highest BCUT2D eigenvalue weighted by molar-refractivity contribution is 6.30. The molecule has 1 aromatic rings. The van der Waals surface area contributed by atoms with Gasteiger partial charge in [0.2, 0.25) is 5.91 Å². The average Bonchev–Trinajstić information content (AvgIpc) is 2.36. The lowest BCUT2D eigenvalue weighted by molar-refractivity contribution is -0.137. The Morgan fingerprint density at radius 1 is 1.39 bits per heavy atom. The van der Waals surface area contributed by atoms with Gasteiger partial charge in [-0.15, -0.1) is 0 Å². The van der Waals surface area contributed by atoms with Gasteiger partial charge in [-0.05, 0) is 17.7 Å². The Morgan fingerprint density at radius 2 is 1.94 bits per heavy atom. The molecule has 0 unspecified atom stereocenters. The fourth-order valence-corrected chi connectivity index (χ4v) is 1.46. The number of amides is 1. The first-order valence-electron chi connectivity index (χ1n) is 5.68. The summed E-state index contributed by atoms with van der Waals surface area (Å²) in [4.78, 5) is 11.7. The van der Waals surface area contributed by atoms with E-state index in [2.05, 4.69) is 5.32 Å². The molecule has 1 rings (SSSR count). The van der Waals surface area contributed by atoms with Crippen molar-refractivity contribution in [1.29, 1.82) is 0 Å². The third kappa shape index (κ3) is 3.98. The molecule has 0 aliphatic carbocycles. The van der Waals surface area contributed by atoms with Crippen molar-refractivity contribution in [3.05, 3.63) is 34.9 Å². The van der Waals surface area contributed by atoms with Crippen molar-refractivity contribution in [3.63, 3.8) is 0 Å².